The lowest BCUT2D eigenvalue weighted by molar-refractivity contribution is -0.107. The Kier molecular flexibility index (Phi) is 3.18. The highest BCUT2D eigenvalue weighted by atomic mass is 14.6. The first-order valence-corrected chi connectivity index (χ1v) is 9.46. The molecule has 7 atom stereocenters. The van der Waals surface area contributed by atoms with Crippen LogP contribution in [0.15, 0.2) is 0 Å². The molecule has 0 unspecified atom stereocenters. The van der Waals surface area contributed by atoms with E-state index in [1.807, 2.05) is 0 Å². The van der Waals surface area contributed by atoms with Gasteiger partial charge in [0, 0.05) is 5.92 Å². The first kappa shape index (κ1) is 14.1. The summed E-state index contributed by atoms with van der Waals surface area (Å²) >= 11 is 0. The molecule has 116 valence electrons. The minimum absolute atomic E-state index is 0.361. The zero-order valence-electron chi connectivity index (χ0n) is 13.9. The van der Waals surface area contributed by atoms with Crippen molar-refractivity contribution in [3.63, 3.8) is 0 Å². The van der Waals surface area contributed by atoms with Crippen molar-refractivity contribution >= 4 is 0 Å². The summed E-state index contributed by atoms with van der Waals surface area (Å²) in [6.07, 6.45) is 14.1. The van der Waals surface area contributed by atoms with E-state index in [9.17, 15) is 5.26 Å². The van der Waals surface area contributed by atoms with Crippen LogP contribution in [0.25, 0.3) is 0 Å². The largest absolute Gasteiger partial charge is 0.198 e. The van der Waals surface area contributed by atoms with E-state index in [1.165, 1.54) is 64.2 Å². The molecule has 4 fully saturated rings. The molecule has 4 rings (SSSR count). The Bertz CT molecular complexity index is 463. The van der Waals surface area contributed by atoms with Crippen LogP contribution in [0.4, 0.5) is 0 Å². The second-order valence-electron chi connectivity index (χ2n) is 9.34. The maximum atomic E-state index is 9.30. The van der Waals surface area contributed by atoms with E-state index in [4.69, 9.17) is 0 Å². The van der Waals surface area contributed by atoms with Gasteiger partial charge in [-0.25, -0.2) is 0 Å². The van der Waals surface area contributed by atoms with Crippen LogP contribution in [0.5, 0.6) is 0 Å². The average molecular weight is 285 g/mol. The van der Waals surface area contributed by atoms with Crippen LogP contribution in [-0.4, -0.2) is 0 Å². The van der Waals surface area contributed by atoms with Crippen LogP contribution in [0.2, 0.25) is 0 Å². The number of nitriles is 1. The number of rotatable bonds is 0. The molecule has 0 bridgehead atoms. The highest BCUT2D eigenvalue weighted by Crippen LogP contribution is 2.66. The summed E-state index contributed by atoms with van der Waals surface area (Å²) in [4.78, 5) is 0. The van der Waals surface area contributed by atoms with Gasteiger partial charge in [-0.3, -0.25) is 0 Å². The normalized spacial score (nSPS) is 56.0. The quantitative estimate of drug-likeness (QED) is 0.571. The first-order valence-electron chi connectivity index (χ1n) is 9.46. The van der Waals surface area contributed by atoms with E-state index in [0.717, 1.165) is 23.7 Å². The van der Waals surface area contributed by atoms with Crippen molar-refractivity contribution in [3.05, 3.63) is 0 Å². The molecule has 0 aliphatic heterocycles. The maximum Gasteiger partial charge on any atom is 0.0655 e. The molecular weight excluding hydrogens is 254 g/mol. The molecule has 0 heterocycles. The fourth-order valence-corrected chi connectivity index (χ4v) is 7.37. The second-order valence-corrected chi connectivity index (χ2v) is 9.34. The SMILES string of the molecule is C[C@@]12CCC[C@@H]1[C@@H]1CC[C@@H]3C[C@H](C#N)CC[C@]3(C)[C@@H]1CC2. The topological polar surface area (TPSA) is 23.8 Å². The van der Waals surface area contributed by atoms with E-state index >= 15 is 0 Å². The molecule has 0 amide bonds. The number of nitrogens with zero attached hydrogens (tertiary/aromatic N) is 1. The summed E-state index contributed by atoms with van der Waals surface area (Å²) in [6.45, 7) is 5.21. The third-order valence-corrected chi connectivity index (χ3v) is 8.63. The van der Waals surface area contributed by atoms with Gasteiger partial charge in [-0.1, -0.05) is 20.3 Å². The first-order chi connectivity index (χ1) is 10.1. The van der Waals surface area contributed by atoms with Crippen molar-refractivity contribution in [1.82, 2.24) is 0 Å². The molecule has 1 heteroatoms. The number of hydrogen-bond acceptors (Lipinski definition) is 1. The monoisotopic (exact) mass is 285 g/mol. The van der Waals surface area contributed by atoms with E-state index < -0.39 is 0 Å². The van der Waals surface area contributed by atoms with Crippen molar-refractivity contribution in [2.24, 2.45) is 40.4 Å². The Morgan fingerprint density at radius 2 is 1.76 bits per heavy atom. The standard InChI is InChI=1S/C20H31N/c1-19-9-3-4-17(19)16-6-5-15-12-14(13-21)7-11-20(15,2)18(16)8-10-19/h14-18H,3-12H2,1-2H3/t14-,15-,16+,17-,18-,19+,20+/m1/s1. The zero-order chi connectivity index (χ0) is 14.7. The summed E-state index contributed by atoms with van der Waals surface area (Å²) in [5, 5.41) is 9.30. The van der Waals surface area contributed by atoms with Crippen LogP contribution in [-0.2, 0) is 0 Å². The van der Waals surface area contributed by atoms with Gasteiger partial charge in [-0.15, -0.1) is 0 Å². The van der Waals surface area contributed by atoms with Crippen LogP contribution >= 0.6 is 0 Å². The van der Waals surface area contributed by atoms with E-state index in [-0.39, 0.29) is 0 Å². The molecule has 4 aliphatic carbocycles. The highest BCUT2D eigenvalue weighted by Gasteiger charge is 2.57. The number of hydrogen-bond donors (Lipinski definition) is 0. The summed E-state index contributed by atoms with van der Waals surface area (Å²) in [7, 11) is 0. The molecule has 1 nitrogen and oxygen atoms in total. The van der Waals surface area contributed by atoms with Gasteiger partial charge < -0.3 is 0 Å². The van der Waals surface area contributed by atoms with Gasteiger partial charge in [0.2, 0.25) is 0 Å². The van der Waals surface area contributed by atoms with Crippen molar-refractivity contribution in [2.75, 3.05) is 0 Å². The van der Waals surface area contributed by atoms with Crippen LogP contribution < -0.4 is 0 Å². The van der Waals surface area contributed by atoms with Crippen molar-refractivity contribution in [3.8, 4) is 6.07 Å². The van der Waals surface area contributed by atoms with Gasteiger partial charge in [0.05, 0.1) is 6.07 Å². The van der Waals surface area contributed by atoms with Crippen molar-refractivity contribution in [1.29, 1.82) is 5.26 Å². The Labute approximate surface area is 130 Å². The zero-order valence-corrected chi connectivity index (χ0v) is 13.9. The molecule has 21 heavy (non-hydrogen) atoms. The van der Waals surface area contributed by atoms with Crippen molar-refractivity contribution < 1.29 is 0 Å². The lowest BCUT2D eigenvalue weighted by Crippen LogP contribution is -2.52. The van der Waals surface area contributed by atoms with Crippen molar-refractivity contribution in [2.45, 2.75) is 78.1 Å². The average Bonchev–Trinajstić information content (AvgIpc) is 2.88. The van der Waals surface area contributed by atoms with Gasteiger partial charge in [-0.2, -0.15) is 5.26 Å². The molecule has 0 saturated heterocycles. The van der Waals surface area contributed by atoms with Crippen LogP contribution in [0.1, 0.15) is 78.1 Å². The fraction of sp³-hybridized carbons (Fsp3) is 0.950. The summed E-state index contributed by atoms with van der Waals surface area (Å²) < 4.78 is 0. The molecule has 4 saturated carbocycles. The summed E-state index contributed by atoms with van der Waals surface area (Å²) in [5.74, 6) is 4.24. The molecule has 0 aromatic heterocycles. The van der Waals surface area contributed by atoms with Crippen LogP contribution in [0.3, 0.4) is 0 Å². The summed E-state index contributed by atoms with van der Waals surface area (Å²) in [6, 6.07) is 2.57. The molecule has 0 radical (unpaired) electrons. The Morgan fingerprint density at radius 1 is 0.905 bits per heavy atom. The van der Waals surface area contributed by atoms with Gasteiger partial charge >= 0.3 is 0 Å². The maximum absolute atomic E-state index is 9.30. The van der Waals surface area contributed by atoms with E-state index in [1.54, 1.807) is 0 Å². The molecule has 4 aliphatic rings. The Hall–Kier alpha value is -0.510. The minimum atomic E-state index is 0.361. The number of fused-ring (bicyclic) bond motifs is 5. The molecule has 0 aromatic rings. The lowest BCUT2D eigenvalue weighted by Gasteiger charge is -2.60. The molecule has 0 aromatic carbocycles. The predicted molar refractivity (Wildman–Crippen MR) is 85.4 cm³/mol. The third-order valence-electron chi connectivity index (χ3n) is 8.63. The third kappa shape index (κ3) is 1.94. The van der Waals surface area contributed by atoms with Gasteiger partial charge in [0.25, 0.3) is 0 Å². The minimum Gasteiger partial charge on any atom is -0.198 e. The van der Waals surface area contributed by atoms with Gasteiger partial charge in [0.15, 0.2) is 0 Å². The van der Waals surface area contributed by atoms with E-state index in [0.29, 0.717) is 16.7 Å². The molecule has 0 N–H and O–H groups in total. The highest BCUT2D eigenvalue weighted by molar-refractivity contribution is 5.08. The lowest BCUT2D eigenvalue weighted by atomic mass is 9.45. The smallest absolute Gasteiger partial charge is 0.0655 e. The Balaban J connectivity index is 1.60. The van der Waals surface area contributed by atoms with E-state index in [2.05, 4.69) is 19.9 Å². The van der Waals surface area contributed by atoms with Gasteiger partial charge in [0.1, 0.15) is 0 Å². The molecule has 0 spiro atoms. The summed E-state index contributed by atoms with van der Waals surface area (Å²) in [5.41, 5.74) is 1.26. The Morgan fingerprint density at radius 3 is 2.57 bits per heavy atom. The van der Waals surface area contributed by atoms with Gasteiger partial charge in [-0.05, 0) is 92.3 Å². The molecular formula is C20H31N. The van der Waals surface area contributed by atoms with Crippen LogP contribution in [0, 0.1) is 51.8 Å². The predicted octanol–water partition coefficient (Wildman–Crippen LogP) is 5.56. The second kappa shape index (κ2) is 4.74. The fourth-order valence-electron chi connectivity index (χ4n) is 7.37.